The molecule has 0 saturated carbocycles. The van der Waals surface area contributed by atoms with Crippen LogP contribution in [-0.2, 0) is 28.6 Å². The van der Waals surface area contributed by atoms with Crippen LogP contribution in [0.2, 0.25) is 0 Å². The van der Waals surface area contributed by atoms with Gasteiger partial charge in [-0.1, -0.05) is 307 Å². The first kappa shape index (κ1) is 70.4. The molecule has 0 unspecified atom stereocenters. The van der Waals surface area contributed by atoms with E-state index in [0.29, 0.717) is 19.3 Å². The fourth-order valence-corrected chi connectivity index (χ4v) is 9.49. The Morgan fingerprint density at radius 3 is 0.795 bits per heavy atom. The van der Waals surface area contributed by atoms with Crippen LogP contribution in [0.5, 0.6) is 0 Å². The number of carbonyl (C=O) groups is 3. The van der Waals surface area contributed by atoms with Crippen molar-refractivity contribution in [1.29, 1.82) is 0 Å². The number of hydrogen-bond donors (Lipinski definition) is 0. The van der Waals surface area contributed by atoms with Crippen LogP contribution in [0.1, 0.15) is 342 Å². The third-order valence-electron chi connectivity index (χ3n) is 14.3. The average molecular weight is 1020 g/mol. The van der Waals surface area contributed by atoms with Crippen molar-refractivity contribution < 1.29 is 28.6 Å². The number of esters is 3. The van der Waals surface area contributed by atoms with Gasteiger partial charge in [0.25, 0.3) is 0 Å². The van der Waals surface area contributed by atoms with E-state index in [1.807, 2.05) is 0 Å². The Morgan fingerprint density at radius 1 is 0.274 bits per heavy atom. The van der Waals surface area contributed by atoms with Gasteiger partial charge >= 0.3 is 17.9 Å². The second kappa shape index (κ2) is 61.9. The predicted molar refractivity (Wildman–Crippen MR) is 316 cm³/mol. The van der Waals surface area contributed by atoms with Crippen LogP contribution in [-0.4, -0.2) is 37.2 Å². The van der Waals surface area contributed by atoms with E-state index in [-0.39, 0.29) is 31.1 Å². The van der Waals surface area contributed by atoms with Crippen molar-refractivity contribution in [2.45, 2.75) is 348 Å². The lowest BCUT2D eigenvalue weighted by molar-refractivity contribution is -0.167. The summed E-state index contributed by atoms with van der Waals surface area (Å²) in [5, 5.41) is 0. The van der Waals surface area contributed by atoms with Gasteiger partial charge in [0.15, 0.2) is 6.10 Å². The summed E-state index contributed by atoms with van der Waals surface area (Å²) in [6.45, 7) is 6.65. The van der Waals surface area contributed by atoms with Gasteiger partial charge in [-0.15, -0.1) is 0 Å². The lowest BCUT2D eigenvalue weighted by Gasteiger charge is -2.18. The Kier molecular flexibility index (Phi) is 59.7. The van der Waals surface area contributed by atoms with Crippen molar-refractivity contribution in [3.8, 4) is 0 Å². The summed E-state index contributed by atoms with van der Waals surface area (Å²) < 4.78 is 16.9. The molecule has 0 saturated heterocycles. The predicted octanol–water partition coefficient (Wildman–Crippen LogP) is 21.8. The van der Waals surface area contributed by atoms with Crippen LogP contribution in [0.15, 0.2) is 48.6 Å². The molecule has 1 atom stereocenters. The first-order chi connectivity index (χ1) is 36.0. The molecule has 0 aromatic carbocycles. The fraction of sp³-hybridized carbons (Fsp3) is 0.836. The number of hydrogen-bond acceptors (Lipinski definition) is 6. The highest BCUT2D eigenvalue weighted by Gasteiger charge is 2.19. The van der Waals surface area contributed by atoms with Crippen molar-refractivity contribution in [2.24, 2.45) is 0 Å². The molecule has 0 aliphatic rings. The van der Waals surface area contributed by atoms with Gasteiger partial charge in [0, 0.05) is 19.3 Å². The quantitative estimate of drug-likeness (QED) is 0.0261. The Hall–Kier alpha value is -2.63. The van der Waals surface area contributed by atoms with Crippen LogP contribution in [0.4, 0.5) is 0 Å². The smallest absolute Gasteiger partial charge is 0.306 e. The van der Waals surface area contributed by atoms with Crippen molar-refractivity contribution in [2.75, 3.05) is 13.2 Å². The monoisotopic (exact) mass is 1020 g/mol. The molecule has 6 nitrogen and oxygen atoms in total. The largest absolute Gasteiger partial charge is 0.462 e. The molecule has 0 radical (unpaired) electrons. The Bertz CT molecular complexity index is 1270. The molecule has 0 amide bonds. The van der Waals surface area contributed by atoms with Crippen molar-refractivity contribution in [3.05, 3.63) is 48.6 Å². The molecule has 0 aromatic rings. The molecule has 0 spiro atoms. The SMILES string of the molecule is CCCCC/C=C/C/C=C/C/C=C/C/C=C/CCCCCC(=O)OC[C@@H](COC(=O)CCCCCCCCCCCCCCCCCCCC)OC(=O)CCCCCCCCCCCCCCCCCCCC. The first-order valence-corrected chi connectivity index (χ1v) is 32.1. The standard InChI is InChI=1S/C67H122O6/c1-4-7-10-13-16-19-22-25-28-31-34-37-39-42-45-48-51-54-57-60-66(69)72-63-64(73-67(70)61-58-55-52-49-46-43-40-36-33-30-27-24-21-18-15-12-9-6-3)62-71-65(68)59-56-53-50-47-44-41-38-35-32-29-26-23-20-17-14-11-8-5-2/h16,19,25,28,34,37,42,45,64H,4-15,17-18,20-24,26-27,29-33,35-36,38-41,43-44,46-63H2,1-3H3/b19-16+,28-25+,37-34+,45-42+/t64-/m1/s1. The Labute approximate surface area is 454 Å². The van der Waals surface area contributed by atoms with Gasteiger partial charge in [-0.3, -0.25) is 14.4 Å². The first-order valence-electron chi connectivity index (χ1n) is 32.1. The minimum absolute atomic E-state index is 0.0783. The van der Waals surface area contributed by atoms with Crippen LogP contribution in [0, 0.1) is 0 Å². The zero-order valence-corrected chi connectivity index (χ0v) is 48.9. The zero-order chi connectivity index (χ0) is 52.9. The molecular weight excluding hydrogens is 901 g/mol. The summed E-state index contributed by atoms with van der Waals surface area (Å²) >= 11 is 0. The van der Waals surface area contributed by atoms with Gasteiger partial charge in [0.05, 0.1) is 0 Å². The molecule has 73 heavy (non-hydrogen) atoms. The van der Waals surface area contributed by atoms with Gasteiger partial charge < -0.3 is 14.2 Å². The zero-order valence-electron chi connectivity index (χ0n) is 48.9. The van der Waals surface area contributed by atoms with Gasteiger partial charge in [0.1, 0.15) is 13.2 Å². The second-order valence-electron chi connectivity index (χ2n) is 21.7. The third kappa shape index (κ3) is 60.1. The highest BCUT2D eigenvalue weighted by atomic mass is 16.6. The van der Waals surface area contributed by atoms with Crippen LogP contribution in [0.25, 0.3) is 0 Å². The fourth-order valence-electron chi connectivity index (χ4n) is 9.49. The molecule has 6 heteroatoms. The van der Waals surface area contributed by atoms with E-state index < -0.39 is 6.10 Å². The molecule has 0 heterocycles. The van der Waals surface area contributed by atoms with E-state index in [2.05, 4.69) is 69.4 Å². The molecule has 0 N–H and O–H groups in total. The summed E-state index contributed by atoms with van der Waals surface area (Å²) in [4.78, 5) is 38.3. The number of unbranched alkanes of at least 4 members (excludes halogenated alkanes) is 40. The highest BCUT2D eigenvalue weighted by Crippen LogP contribution is 2.18. The molecule has 0 aliphatic carbocycles. The van der Waals surface area contributed by atoms with E-state index in [1.54, 1.807) is 0 Å². The van der Waals surface area contributed by atoms with Crippen molar-refractivity contribution in [3.63, 3.8) is 0 Å². The Morgan fingerprint density at radius 2 is 0.493 bits per heavy atom. The number of allylic oxidation sites excluding steroid dienone is 8. The van der Waals surface area contributed by atoms with E-state index in [9.17, 15) is 14.4 Å². The van der Waals surface area contributed by atoms with Gasteiger partial charge in [-0.2, -0.15) is 0 Å². The van der Waals surface area contributed by atoms with Crippen molar-refractivity contribution in [1.82, 2.24) is 0 Å². The van der Waals surface area contributed by atoms with E-state index in [0.717, 1.165) is 83.5 Å². The average Bonchev–Trinajstić information content (AvgIpc) is 3.39. The molecule has 426 valence electrons. The molecular formula is C67H122O6. The number of rotatable bonds is 59. The Balaban J connectivity index is 4.38. The maximum Gasteiger partial charge on any atom is 0.306 e. The highest BCUT2D eigenvalue weighted by molar-refractivity contribution is 5.71. The summed E-state index contributed by atoms with van der Waals surface area (Å²) in [6, 6.07) is 0. The normalized spacial score (nSPS) is 12.3. The minimum atomic E-state index is -0.784. The van der Waals surface area contributed by atoms with Crippen molar-refractivity contribution >= 4 is 17.9 Å². The molecule has 0 rings (SSSR count). The van der Waals surface area contributed by atoms with Gasteiger partial charge in [-0.05, 0) is 64.2 Å². The van der Waals surface area contributed by atoms with E-state index >= 15 is 0 Å². The molecule has 0 bridgehead atoms. The second-order valence-corrected chi connectivity index (χ2v) is 21.7. The minimum Gasteiger partial charge on any atom is -0.462 e. The van der Waals surface area contributed by atoms with Gasteiger partial charge in [-0.25, -0.2) is 0 Å². The van der Waals surface area contributed by atoms with Crippen LogP contribution < -0.4 is 0 Å². The van der Waals surface area contributed by atoms with Crippen LogP contribution in [0.3, 0.4) is 0 Å². The van der Waals surface area contributed by atoms with Crippen LogP contribution >= 0.6 is 0 Å². The summed E-state index contributed by atoms with van der Waals surface area (Å²) in [5.41, 5.74) is 0. The lowest BCUT2D eigenvalue weighted by atomic mass is 10.0. The number of ether oxygens (including phenoxy) is 3. The van der Waals surface area contributed by atoms with Gasteiger partial charge in [0.2, 0.25) is 0 Å². The third-order valence-corrected chi connectivity index (χ3v) is 14.3. The molecule has 0 fully saturated rings. The van der Waals surface area contributed by atoms with E-state index in [1.165, 1.54) is 218 Å². The van der Waals surface area contributed by atoms with E-state index in [4.69, 9.17) is 14.2 Å². The summed E-state index contributed by atoms with van der Waals surface area (Å²) in [7, 11) is 0. The lowest BCUT2D eigenvalue weighted by Crippen LogP contribution is -2.30. The molecule has 0 aliphatic heterocycles. The topological polar surface area (TPSA) is 78.9 Å². The maximum absolute atomic E-state index is 12.9. The summed E-state index contributed by atoms with van der Waals surface area (Å²) in [6.07, 6.45) is 76.8. The number of carbonyl (C=O) groups excluding carboxylic acids is 3. The maximum atomic E-state index is 12.9. The summed E-state index contributed by atoms with van der Waals surface area (Å²) in [5.74, 6) is -0.886. The molecule has 0 aromatic heterocycles.